The Labute approximate surface area is 117 Å². The van der Waals surface area contributed by atoms with Gasteiger partial charge in [-0.15, -0.1) is 0 Å². The molecule has 1 atom stereocenters. The molecule has 1 unspecified atom stereocenters. The molecule has 0 spiro atoms. The summed E-state index contributed by atoms with van der Waals surface area (Å²) in [6.45, 7) is 8.58. The number of nitrogens with one attached hydrogen (secondary N) is 1. The van der Waals surface area contributed by atoms with Crippen LogP contribution >= 0.6 is 0 Å². The van der Waals surface area contributed by atoms with Crippen molar-refractivity contribution in [1.82, 2.24) is 5.32 Å². The van der Waals surface area contributed by atoms with Crippen molar-refractivity contribution in [3.05, 3.63) is 29.8 Å². The summed E-state index contributed by atoms with van der Waals surface area (Å²) >= 11 is 0. The van der Waals surface area contributed by atoms with Crippen LogP contribution in [-0.4, -0.2) is 37.4 Å². The number of likely N-dealkylation sites (N-methyl/N-ethyl adjacent to an activating group) is 1. The third kappa shape index (κ3) is 4.84. The van der Waals surface area contributed by atoms with Gasteiger partial charge in [-0.3, -0.25) is 0 Å². The highest BCUT2D eigenvalue weighted by Gasteiger charge is 2.20. The molecule has 0 bridgehead atoms. The average molecular weight is 264 g/mol. The highest BCUT2D eigenvalue weighted by Crippen LogP contribution is 2.17. The minimum absolute atomic E-state index is 0.160. The molecule has 0 aromatic heterocycles. The van der Waals surface area contributed by atoms with Gasteiger partial charge in [-0.05, 0) is 52.8 Å². The number of nitrogens with zero attached hydrogens (tertiary/aromatic N) is 1. The van der Waals surface area contributed by atoms with E-state index in [0.717, 1.165) is 25.9 Å². The van der Waals surface area contributed by atoms with Gasteiger partial charge < -0.3 is 15.3 Å². The summed E-state index contributed by atoms with van der Waals surface area (Å²) in [7, 11) is 1.91. The maximum Gasteiger partial charge on any atom is 0.0610 e. The van der Waals surface area contributed by atoms with E-state index in [1.54, 1.807) is 0 Å². The predicted octanol–water partition coefficient (Wildman–Crippen LogP) is 2.57. The molecule has 3 heteroatoms. The van der Waals surface area contributed by atoms with Crippen molar-refractivity contribution in [2.45, 2.75) is 39.2 Å². The van der Waals surface area contributed by atoms with E-state index in [1.165, 1.54) is 11.3 Å². The van der Waals surface area contributed by atoms with E-state index in [-0.39, 0.29) is 12.1 Å². The van der Waals surface area contributed by atoms with Gasteiger partial charge in [-0.2, -0.15) is 0 Å². The van der Waals surface area contributed by atoms with Gasteiger partial charge in [0.25, 0.3) is 0 Å². The van der Waals surface area contributed by atoms with Crippen molar-refractivity contribution in [3.8, 4) is 0 Å². The summed E-state index contributed by atoms with van der Waals surface area (Å²) in [5.74, 6) is 0. The normalized spacial score (nSPS) is 14.2. The molecule has 0 aliphatic heterocycles. The number of anilines is 1. The van der Waals surface area contributed by atoms with Crippen LogP contribution in [0.15, 0.2) is 24.3 Å². The Balaban J connectivity index is 2.52. The van der Waals surface area contributed by atoms with Crippen LogP contribution in [0.1, 0.15) is 32.3 Å². The standard InChI is InChI=1S/C16H28N2O/c1-5-18(15-9-7-14(2)8-10-15)12-6-11-16(3,13-19)17-4/h7-10,17,19H,5-6,11-13H2,1-4H3. The van der Waals surface area contributed by atoms with Crippen LogP contribution in [0, 0.1) is 6.92 Å². The molecule has 3 nitrogen and oxygen atoms in total. The highest BCUT2D eigenvalue weighted by atomic mass is 16.3. The first-order chi connectivity index (χ1) is 9.04. The summed E-state index contributed by atoms with van der Waals surface area (Å²) in [6.07, 6.45) is 2.04. The first-order valence-corrected chi connectivity index (χ1v) is 7.16. The number of hydrogen-bond donors (Lipinski definition) is 2. The third-order valence-corrected chi connectivity index (χ3v) is 3.89. The van der Waals surface area contributed by atoms with Gasteiger partial charge in [0.1, 0.15) is 0 Å². The molecule has 0 heterocycles. The minimum Gasteiger partial charge on any atom is -0.394 e. The molecule has 1 aromatic carbocycles. The smallest absolute Gasteiger partial charge is 0.0610 e. The van der Waals surface area contributed by atoms with E-state index in [1.807, 2.05) is 7.05 Å². The number of hydrogen-bond acceptors (Lipinski definition) is 3. The zero-order chi connectivity index (χ0) is 14.3. The lowest BCUT2D eigenvalue weighted by Gasteiger charge is -2.29. The van der Waals surface area contributed by atoms with Crippen LogP contribution in [0.25, 0.3) is 0 Å². The van der Waals surface area contributed by atoms with Crippen molar-refractivity contribution in [2.24, 2.45) is 0 Å². The molecule has 0 radical (unpaired) electrons. The van der Waals surface area contributed by atoms with Crippen molar-refractivity contribution < 1.29 is 5.11 Å². The van der Waals surface area contributed by atoms with Crippen LogP contribution < -0.4 is 10.2 Å². The molecule has 1 rings (SSSR count). The Morgan fingerprint density at radius 2 is 1.89 bits per heavy atom. The van der Waals surface area contributed by atoms with Gasteiger partial charge in [0.15, 0.2) is 0 Å². The Morgan fingerprint density at radius 3 is 2.37 bits per heavy atom. The van der Waals surface area contributed by atoms with E-state index in [9.17, 15) is 5.11 Å². The average Bonchev–Trinajstić information content (AvgIpc) is 2.44. The van der Waals surface area contributed by atoms with E-state index in [2.05, 4.69) is 55.3 Å². The van der Waals surface area contributed by atoms with Crippen LogP contribution in [0.4, 0.5) is 5.69 Å². The second-order valence-electron chi connectivity index (χ2n) is 5.49. The molecule has 0 aliphatic carbocycles. The number of aliphatic hydroxyl groups is 1. The zero-order valence-electron chi connectivity index (χ0n) is 12.7. The molecule has 1 aromatic rings. The van der Waals surface area contributed by atoms with E-state index in [0.29, 0.717) is 0 Å². The first-order valence-electron chi connectivity index (χ1n) is 7.16. The lowest BCUT2D eigenvalue weighted by molar-refractivity contribution is 0.172. The topological polar surface area (TPSA) is 35.5 Å². The van der Waals surface area contributed by atoms with Gasteiger partial charge in [0.05, 0.1) is 6.61 Å². The highest BCUT2D eigenvalue weighted by molar-refractivity contribution is 5.47. The van der Waals surface area contributed by atoms with Crippen LogP contribution in [-0.2, 0) is 0 Å². The molecular formula is C16H28N2O. The Hall–Kier alpha value is -1.06. The van der Waals surface area contributed by atoms with Crippen molar-refractivity contribution in [2.75, 3.05) is 31.6 Å². The number of rotatable bonds is 8. The second-order valence-corrected chi connectivity index (χ2v) is 5.49. The van der Waals surface area contributed by atoms with Gasteiger partial charge in [-0.1, -0.05) is 17.7 Å². The molecule has 19 heavy (non-hydrogen) atoms. The van der Waals surface area contributed by atoms with E-state index < -0.39 is 0 Å². The summed E-state index contributed by atoms with van der Waals surface area (Å²) < 4.78 is 0. The monoisotopic (exact) mass is 264 g/mol. The summed E-state index contributed by atoms with van der Waals surface area (Å²) in [5.41, 5.74) is 2.42. The molecule has 2 N–H and O–H groups in total. The fraction of sp³-hybridized carbons (Fsp3) is 0.625. The number of aryl methyl sites for hydroxylation is 1. The van der Waals surface area contributed by atoms with Crippen LogP contribution in [0.3, 0.4) is 0 Å². The maximum absolute atomic E-state index is 9.38. The second kappa shape index (κ2) is 7.51. The van der Waals surface area contributed by atoms with Crippen LogP contribution in [0.2, 0.25) is 0 Å². The molecule has 0 saturated heterocycles. The van der Waals surface area contributed by atoms with Crippen molar-refractivity contribution in [1.29, 1.82) is 0 Å². The quantitative estimate of drug-likeness (QED) is 0.757. The van der Waals surface area contributed by atoms with Crippen molar-refractivity contribution in [3.63, 3.8) is 0 Å². The maximum atomic E-state index is 9.38. The first kappa shape index (κ1) is 16.0. The van der Waals surface area contributed by atoms with Crippen molar-refractivity contribution >= 4 is 5.69 Å². The molecule has 0 amide bonds. The van der Waals surface area contributed by atoms with Gasteiger partial charge in [0, 0.05) is 24.3 Å². The molecule has 0 aliphatic rings. The summed E-state index contributed by atoms with van der Waals surface area (Å²) in [6, 6.07) is 8.68. The molecule has 0 fully saturated rings. The fourth-order valence-electron chi connectivity index (χ4n) is 2.17. The zero-order valence-corrected chi connectivity index (χ0v) is 12.7. The number of benzene rings is 1. The van der Waals surface area contributed by atoms with Gasteiger partial charge >= 0.3 is 0 Å². The van der Waals surface area contributed by atoms with Gasteiger partial charge in [-0.25, -0.2) is 0 Å². The molecular weight excluding hydrogens is 236 g/mol. The Kier molecular flexibility index (Phi) is 6.32. The Bertz CT molecular complexity index is 358. The third-order valence-electron chi connectivity index (χ3n) is 3.89. The lowest BCUT2D eigenvalue weighted by Crippen LogP contribution is -2.43. The van der Waals surface area contributed by atoms with E-state index in [4.69, 9.17) is 0 Å². The minimum atomic E-state index is -0.160. The SMILES string of the molecule is CCN(CCCC(C)(CO)NC)c1ccc(C)cc1. The fourth-order valence-corrected chi connectivity index (χ4v) is 2.17. The number of aliphatic hydroxyl groups excluding tert-OH is 1. The Morgan fingerprint density at radius 1 is 1.26 bits per heavy atom. The van der Waals surface area contributed by atoms with Gasteiger partial charge in [0.2, 0.25) is 0 Å². The summed E-state index contributed by atoms with van der Waals surface area (Å²) in [4.78, 5) is 2.38. The molecule has 0 saturated carbocycles. The molecule has 108 valence electrons. The summed E-state index contributed by atoms with van der Waals surface area (Å²) in [5, 5.41) is 12.6. The van der Waals surface area contributed by atoms with Crippen LogP contribution in [0.5, 0.6) is 0 Å². The predicted molar refractivity (Wildman–Crippen MR) is 82.9 cm³/mol. The lowest BCUT2D eigenvalue weighted by atomic mass is 9.97. The van der Waals surface area contributed by atoms with E-state index >= 15 is 0 Å². The largest absolute Gasteiger partial charge is 0.394 e.